The van der Waals surface area contributed by atoms with Crippen molar-refractivity contribution in [2.75, 3.05) is 63.4 Å². The van der Waals surface area contributed by atoms with Crippen LogP contribution in [0.25, 0.3) is 0 Å². The molecular weight excluding hydrogens is 306 g/mol. The van der Waals surface area contributed by atoms with E-state index in [0.29, 0.717) is 0 Å². The number of nitrogens with zero attached hydrogens (tertiary/aromatic N) is 3. The third kappa shape index (κ3) is 7.08. The third-order valence-electron chi connectivity index (χ3n) is 4.48. The van der Waals surface area contributed by atoms with Crippen LogP contribution in [0.3, 0.4) is 0 Å². The highest BCUT2D eigenvalue weighted by atomic mass is 15.3. The van der Waals surface area contributed by atoms with Crippen LogP contribution in [0.15, 0.2) is 6.07 Å². The Hall–Kier alpha value is -0.900. The second kappa shape index (κ2) is 7.77. The molecule has 0 heterocycles. The molecule has 0 bridgehead atoms. The highest BCUT2D eigenvalue weighted by molar-refractivity contribution is 5.46. The van der Waals surface area contributed by atoms with Crippen molar-refractivity contribution in [1.82, 2.24) is 0 Å². The first-order valence-corrected chi connectivity index (χ1v) is 9.73. The molecule has 0 spiro atoms. The second-order valence-electron chi connectivity index (χ2n) is 10.7. The highest BCUT2D eigenvalue weighted by Crippen LogP contribution is 2.30. The maximum atomic E-state index is 2.53. The molecule has 0 fully saturated rings. The predicted octanol–water partition coefficient (Wildman–Crippen LogP) is 3.43. The van der Waals surface area contributed by atoms with Crippen molar-refractivity contribution in [3.8, 4) is 0 Å². The molecule has 0 amide bonds. The predicted molar refractivity (Wildman–Crippen MR) is 110 cm³/mol. The van der Waals surface area contributed by atoms with E-state index in [-0.39, 0.29) is 0 Å². The molecular formula is C22H44N3+3. The zero-order valence-corrected chi connectivity index (χ0v) is 19.0. The Morgan fingerprint density at radius 1 is 0.520 bits per heavy atom. The van der Waals surface area contributed by atoms with Gasteiger partial charge in [-0.2, -0.15) is 0 Å². The van der Waals surface area contributed by atoms with Gasteiger partial charge in [-0.25, -0.2) is 0 Å². The topological polar surface area (TPSA) is 0 Å². The summed E-state index contributed by atoms with van der Waals surface area (Å²) < 4.78 is 2.94. The van der Waals surface area contributed by atoms with E-state index >= 15 is 0 Å². The van der Waals surface area contributed by atoms with Crippen molar-refractivity contribution >= 4 is 0 Å². The van der Waals surface area contributed by atoms with E-state index in [9.17, 15) is 0 Å². The van der Waals surface area contributed by atoms with Gasteiger partial charge >= 0.3 is 0 Å². The Bertz CT molecular complexity index is 539. The Balaban J connectivity index is 3.67. The van der Waals surface area contributed by atoms with Crippen LogP contribution in [-0.2, 0) is 32.5 Å². The second-order valence-corrected chi connectivity index (χ2v) is 10.7. The summed E-state index contributed by atoms with van der Waals surface area (Å²) in [5, 5.41) is 0. The molecule has 0 aliphatic rings. The fourth-order valence-corrected chi connectivity index (χ4v) is 3.80. The Morgan fingerprint density at radius 2 is 0.840 bits per heavy atom. The van der Waals surface area contributed by atoms with Crippen molar-refractivity contribution in [1.29, 1.82) is 0 Å². The molecule has 0 radical (unpaired) electrons. The molecule has 3 nitrogen and oxygen atoms in total. The van der Waals surface area contributed by atoms with Gasteiger partial charge in [0.1, 0.15) is 19.6 Å². The lowest BCUT2D eigenvalue weighted by molar-refractivity contribution is -0.885. The van der Waals surface area contributed by atoms with Gasteiger partial charge < -0.3 is 13.4 Å². The van der Waals surface area contributed by atoms with Crippen molar-refractivity contribution in [2.24, 2.45) is 0 Å². The average molecular weight is 351 g/mol. The lowest BCUT2D eigenvalue weighted by atomic mass is 9.87. The van der Waals surface area contributed by atoms with Gasteiger partial charge in [0.15, 0.2) is 0 Å². The summed E-state index contributed by atoms with van der Waals surface area (Å²) in [6.45, 7) is 7.96. The van der Waals surface area contributed by atoms with E-state index in [1.54, 1.807) is 27.8 Å². The Morgan fingerprint density at radius 3 is 1.08 bits per heavy atom. The van der Waals surface area contributed by atoms with E-state index in [0.717, 1.165) is 45.9 Å². The minimum atomic E-state index is 0.978. The van der Waals surface area contributed by atoms with E-state index in [4.69, 9.17) is 0 Å². The quantitative estimate of drug-likeness (QED) is 0.630. The lowest BCUT2D eigenvalue weighted by Crippen LogP contribution is -2.37. The number of rotatable bonds is 8. The first-order chi connectivity index (χ1) is 11.2. The molecule has 1 aromatic rings. The van der Waals surface area contributed by atoms with Crippen LogP contribution in [0.1, 0.15) is 41.7 Å². The van der Waals surface area contributed by atoms with Gasteiger partial charge in [-0.15, -0.1) is 0 Å². The molecule has 0 unspecified atom stereocenters. The van der Waals surface area contributed by atoms with Gasteiger partial charge in [-0.05, 0) is 30.0 Å². The largest absolute Gasteiger partial charge is 0.327 e. The summed E-state index contributed by atoms with van der Waals surface area (Å²) in [6, 6.07) is 2.53. The molecule has 0 aliphatic heterocycles. The number of benzene rings is 1. The number of quaternary nitrogens is 3. The molecule has 0 atom stereocenters. The summed E-state index contributed by atoms with van der Waals surface area (Å²) in [5.74, 6) is 0. The highest BCUT2D eigenvalue weighted by Gasteiger charge is 2.25. The van der Waals surface area contributed by atoms with E-state index < -0.39 is 0 Å². The van der Waals surface area contributed by atoms with Gasteiger partial charge in [0.05, 0.1) is 63.4 Å². The smallest absolute Gasteiger partial charge is 0.104 e. The minimum Gasteiger partial charge on any atom is -0.327 e. The summed E-state index contributed by atoms with van der Waals surface area (Å²) in [4.78, 5) is 0. The van der Waals surface area contributed by atoms with Crippen molar-refractivity contribution in [3.05, 3.63) is 33.9 Å². The van der Waals surface area contributed by atoms with Crippen molar-refractivity contribution in [2.45, 2.75) is 46.3 Å². The zero-order valence-electron chi connectivity index (χ0n) is 19.0. The SMILES string of the molecule is CCc1c(C[N+](C)(C)C)cc(C[N+](C)(C)C)c(CC)c1C[N+](C)(C)C. The van der Waals surface area contributed by atoms with Crippen LogP contribution in [0.2, 0.25) is 0 Å². The van der Waals surface area contributed by atoms with Gasteiger partial charge in [0.25, 0.3) is 0 Å². The van der Waals surface area contributed by atoms with E-state index in [1.165, 1.54) is 0 Å². The van der Waals surface area contributed by atoms with Crippen LogP contribution < -0.4 is 0 Å². The van der Waals surface area contributed by atoms with Crippen molar-refractivity contribution in [3.63, 3.8) is 0 Å². The molecule has 1 aromatic carbocycles. The van der Waals surface area contributed by atoms with Crippen LogP contribution >= 0.6 is 0 Å². The number of hydrogen-bond acceptors (Lipinski definition) is 0. The average Bonchev–Trinajstić information content (AvgIpc) is 2.33. The lowest BCUT2D eigenvalue weighted by Gasteiger charge is -2.32. The van der Waals surface area contributed by atoms with Crippen molar-refractivity contribution < 1.29 is 13.4 Å². The Labute approximate surface area is 157 Å². The standard InChI is InChI=1S/C22H44N3/c1-12-20-18(15-23(3,4)5)14-19(16-24(6,7)8)21(13-2)22(20)17-25(9,10)11/h14H,12-13,15-17H2,1-11H3/q+3. The van der Waals surface area contributed by atoms with Gasteiger partial charge in [0, 0.05) is 16.7 Å². The van der Waals surface area contributed by atoms with Crippen LogP contribution in [0.5, 0.6) is 0 Å². The zero-order chi connectivity index (χ0) is 19.6. The van der Waals surface area contributed by atoms with E-state index in [2.05, 4.69) is 83.3 Å². The first kappa shape index (κ1) is 22.1. The maximum absolute atomic E-state index is 2.53. The normalized spacial score (nSPS) is 13.4. The minimum absolute atomic E-state index is 0.978. The molecule has 0 N–H and O–H groups in total. The summed E-state index contributed by atoms with van der Waals surface area (Å²) in [5.41, 5.74) is 7.93. The fourth-order valence-electron chi connectivity index (χ4n) is 3.80. The first-order valence-electron chi connectivity index (χ1n) is 9.73. The Kier molecular flexibility index (Phi) is 6.88. The van der Waals surface area contributed by atoms with Crippen LogP contribution in [0, 0.1) is 0 Å². The summed E-state index contributed by atoms with van der Waals surface area (Å²) in [7, 11) is 20.7. The number of hydrogen-bond donors (Lipinski definition) is 0. The maximum Gasteiger partial charge on any atom is 0.104 e. The van der Waals surface area contributed by atoms with Gasteiger partial charge in [-0.3, -0.25) is 0 Å². The van der Waals surface area contributed by atoms with Crippen LogP contribution in [0.4, 0.5) is 0 Å². The monoisotopic (exact) mass is 350 g/mol. The molecule has 0 aromatic heterocycles. The summed E-state index contributed by atoms with van der Waals surface area (Å²) in [6.07, 6.45) is 2.25. The molecule has 3 heteroatoms. The molecule has 0 aliphatic carbocycles. The van der Waals surface area contributed by atoms with Gasteiger partial charge in [-0.1, -0.05) is 13.8 Å². The van der Waals surface area contributed by atoms with Crippen LogP contribution in [-0.4, -0.2) is 76.9 Å². The van der Waals surface area contributed by atoms with E-state index in [1.807, 2.05) is 0 Å². The third-order valence-corrected chi connectivity index (χ3v) is 4.48. The molecule has 25 heavy (non-hydrogen) atoms. The summed E-state index contributed by atoms with van der Waals surface area (Å²) >= 11 is 0. The molecule has 144 valence electrons. The fraction of sp³-hybridized carbons (Fsp3) is 0.727. The molecule has 1 rings (SSSR count). The molecule has 0 saturated carbocycles. The molecule has 0 saturated heterocycles. The van der Waals surface area contributed by atoms with Gasteiger partial charge in [0.2, 0.25) is 0 Å².